The molecular formula is C12H14NO4-. The highest BCUT2D eigenvalue weighted by Crippen LogP contribution is 2.19. The first-order valence-corrected chi connectivity index (χ1v) is 5.14. The predicted octanol–water partition coefficient (Wildman–Crippen LogP) is 0.0124. The largest absolute Gasteiger partial charge is 0.550 e. The highest BCUT2D eigenvalue weighted by Gasteiger charge is 2.12. The summed E-state index contributed by atoms with van der Waals surface area (Å²) in [5, 5.41) is 13.2. The van der Waals surface area contributed by atoms with Crippen LogP contribution in [0.4, 0.5) is 0 Å². The van der Waals surface area contributed by atoms with Gasteiger partial charge >= 0.3 is 0 Å². The molecule has 0 unspecified atom stereocenters. The molecule has 1 N–H and O–H groups in total. The van der Waals surface area contributed by atoms with Crippen molar-refractivity contribution in [2.24, 2.45) is 0 Å². The number of amides is 1. The molecule has 1 atom stereocenters. The normalized spacial score (nSPS) is 11.6. The first-order valence-electron chi connectivity index (χ1n) is 5.14. The lowest BCUT2D eigenvalue weighted by Crippen LogP contribution is -2.33. The van der Waals surface area contributed by atoms with Gasteiger partial charge in [0.15, 0.2) is 0 Å². The molecule has 0 saturated heterocycles. The smallest absolute Gasteiger partial charge is 0.217 e. The molecule has 5 heteroatoms. The van der Waals surface area contributed by atoms with Crippen LogP contribution in [-0.4, -0.2) is 19.0 Å². The Morgan fingerprint density at radius 2 is 1.94 bits per heavy atom. The Morgan fingerprint density at radius 3 is 2.35 bits per heavy atom. The molecule has 1 aromatic carbocycles. The summed E-state index contributed by atoms with van der Waals surface area (Å²) in [7, 11) is 1.54. The fraction of sp³-hybridized carbons (Fsp3) is 0.333. The number of hydrogen-bond acceptors (Lipinski definition) is 4. The van der Waals surface area contributed by atoms with Crippen LogP contribution in [0.15, 0.2) is 24.3 Å². The molecule has 5 nitrogen and oxygen atoms in total. The number of methoxy groups -OCH3 is 1. The van der Waals surface area contributed by atoms with Gasteiger partial charge in [0.25, 0.3) is 0 Å². The van der Waals surface area contributed by atoms with Gasteiger partial charge in [0.2, 0.25) is 5.91 Å². The molecule has 17 heavy (non-hydrogen) atoms. The highest BCUT2D eigenvalue weighted by molar-refractivity contribution is 5.75. The van der Waals surface area contributed by atoms with Crippen molar-refractivity contribution in [3.8, 4) is 5.75 Å². The van der Waals surface area contributed by atoms with Crippen molar-refractivity contribution in [3.63, 3.8) is 0 Å². The van der Waals surface area contributed by atoms with E-state index in [1.807, 2.05) is 0 Å². The summed E-state index contributed by atoms with van der Waals surface area (Å²) in [6.45, 7) is 1.34. The van der Waals surface area contributed by atoms with Crippen LogP contribution in [-0.2, 0) is 9.59 Å². The van der Waals surface area contributed by atoms with Gasteiger partial charge in [-0.05, 0) is 17.7 Å². The van der Waals surface area contributed by atoms with Crippen LogP contribution in [0.2, 0.25) is 0 Å². The van der Waals surface area contributed by atoms with E-state index in [0.29, 0.717) is 11.3 Å². The molecule has 1 aromatic rings. The van der Waals surface area contributed by atoms with Crippen LogP contribution in [0.25, 0.3) is 0 Å². The summed E-state index contributed by atoms with van der Waals surface area (Å²) in [5.41, 5.74) is 0.699. The van der Waals surface area contributed by atoms with Gasteiger partial charge in [-0.2, -0.15) is 0 Å². The number of hydrogen-bond donors (Lipinski definition) is 1. The first-order chi connectivity index (χ1) is 8.02. The van der Waals surface area contributed by atoms with E-state index in [4.69, 9.17) is 4.74 Å². The lowest BCUT2D eigenvalue weighted by molar-refractivity contribution is -0.306. The molecule has 0 fully saturated rings. The molecule has 0 aliphatic carbocycles. The summed E-state index contributed by atoms with van der Waals surface area (Å²) < 4.78 is 5.00. The van der Waals surface area contributed by atoms with Crippen LogP contribution < -0.4 is 15.2 Å². The minimum absolute atomic E-state index is 0.258. The number of nitrogens with one attached hydrogen (secondary N) is 1. The van der Waals surface area contributed by atoms with Crippen LogP contribution >= 0.6 is 0 Å². The lowest BCUT2D eigenvalue weighted by atomic mass is 10.0. The Kier molecular flexibility index (Phi) is 4.51. The molecular weight excluding hydrogens is 222 g/mol. The van der Waals surface area contributed by atoms with Crippen molar-refractivity contribution >= 4 is 11.9 Å². The molecule has 0 bridgehead atoms. The van der Waals surface area contributed by atoms with Crippen molar-refractivity contribution in [2.45, 2.75) is 19.4 Å². The zero-order chi connectivity index (χ0) is 12.8. The molecule has 0 radical (unpaired) electrons. The predicted molar refractivity (Wildman–Crippen MR) is 59.2 cm³/mol. The molecule has 0 spiro atoms. The summed E-state index contributed by atoms with van der Waals surface area (Å²) >= 11 is 0. The second kappa shape index (κ2) is 5.89. The summed E-state index contributed by atoms with van der Waals surface area (Å²) in [5.74, 6) is -0.824. The zero-order valence-electron chi connectivity index (χ0n) is 9.73. The van der Waals surface area contributed by atoms with Gasteiger partial charge in [-0.25, -0.2) is 0 Å². The van der Waals surface area contributed by atoms with Gasteiger partial charge in [-0.1, -0.05) is 12.1 Å². The lowest BCUT2D eigenvalue weighted by Gasteiger charge is -2.19. The maximum Gasteiger partial charge on any atom is 0.217 e. The van der Waals surface area contributed by atoms with Gasteiger partial charge in [-0.3, -0.25) is 4.79 Å². The van der Waals surface area contributed by atoms with E-state index in [1.165, 1.54) is 6.92 Å². The van der Waals surface area contributed by atoms with E-state index in [9.17, 15) is 14.7 Å². The van der Waals surface area contributed by atoms with E-state index in [2.05, 4.69) is 5.32 Å². The van der Waals surface area contributed by atoms with Crippen LogP contribution in [0.1, 0.15) is 24.9 Å². The number of carboxylic acids is 1. The van der Waals surface area contributed by atoms with Crippen LogP contribution in [0.3, 0.4) is 0 Å². The first kappa shape index (κ1) is 13.0. The van der Waals surface area contributed by atoms with E-state index in [1.54, 1.807) is 31.4 Å². The fourth-order valence-electron chi connectivity index (χ4n) is 1.50. The second-order valence-corrected chi connectivity index (χ2v) is 3.60. The maximum absolute atomic E-state index is 11.0. The van der Waals surface area contributed by atoms with E-state index < -0.39 is 12.0 Å². The summed E-state index contributed by atoms with van der Waals surface area (Å²) in [6.07, 6.45) is -0.258. The van der Waals surface area contributed by atoms with Crippen molar-refractivity contribution in [2.75, 3.05) is 7.11 Å². The van der Waals surface area contributed by atoms with Crippen molar-refractivity contribution in [1.82, 2.24) is 5.32 Å². The Labute approximate surface area is 99.4 Å². The number of ether oxygens (including phenoxy) is 1. The molecule has 0 heterocycles. The van der Waals surface area contributed by atoms with E-state index in [0.717, 1.165) is 0 Å². The highest BCUT2D eigenvalue weighted by atomic mass is 16.5. The number of aliphatic carboxylic acids is 1. The topological polar surface area (TPSA) is 78.5 Å². The SMILES string of the molecule is COc1ccc([C@H](CC(=O)[O-])NC(C)=O)cc1. The third-order valence-electron chi connectivity index (χ3n) is 2.27. The molecule has 0 aliphatic rings. The summed E-state index contributed by atoms with van der Waals surface area (Å²) in [4.78, 5) is 21.6. The second-order valence-electron chi connectivity index (χ2n) is 3.60. The molecule has 0 saturated carbocycles. The number of benzene rings is 1. The van der Waals surface area contributed by atoms with Gasteiger partial charge < -0.3 is 20.0 Å². The average Bonchev–Trinajstić information content (AvgIpc) is 2.27. The fourth-order valence-corrected chi connectivity index (χ4v) is 1.50. The monoisotopic (exact) mass is 236 g/mol. The third-order valence-corrected chi connectivity index (χ3v) is 2.27. The Bertz CT molecular complexity index is 383. The van der Waals surface area contributed by atoms with Gasteiger partial charge in [0.1, 0.15) is 5.75 Å². The summed E-state index contributed by atoms with van der Waals surface area (Å²) in [6, 6.07) is 6.26. The van der Waals surface area contributed by atoms with Gasteiger partial charge in [-0.15, -0.1) is 0 Å². The van der Waals surface area contributed by atoms with E-state index in [-0.39, 0.29) is 12.3 Å². The Hall–Kier alpha value is -2.04. The van der Waals surface area contributed by atoms with Crippen molar-refractivity contribution in [3.05, 3.63) is 29.8 Å². The number of carboxylic acid groups (broad SMARTS) is 1. The average molecular weight is 236 g/mol. The van der Waals surface area contributed by atoms with Crippen LogP contribution in [0, 0.1) is 0 Å². The molecule has 0 aliphatic heterocycles. The maximum atomic E-state index is 11.0. The standard InChI is InChI=1S/C12H15NO4/c1-8(14)13-11(7-12(15)16)9-3-5-10(17-2)6-4-9/h3-6,11H,7H2,1-2H3,(H,13,14)(H,15,16)/p-1/t11-/m0/s1. The minimum Gasteiger partial charge on any atom is -0.550 e. The van der Waals surface area contributed by atoms with E-state index >= 15 is 0 Å². The Balaban J connectivity index is 2.86. The molecule has 1 amide bonds. The minimum atomic E-state index is -1.21. The van der Waals surface area contributed by atoms with Gasteiger partial charge in [0.05, 0.1) is 13.2 Å². The molecule has 1 rings (SSSR count). The number of rotatable bonds is 5. The molecule has 92 valence electrons. The molecule has 0 aromatic heterocycles. The van der Waals surface area contributed by atoms with Crippen molar-refractivity contribution < 1.29 is 19.4 Å². The zero-order valence-corrected chi connectivity index (χ0v) is 9.73. The quantitative estimate of drug-likeness (QED) is 0.781. The van der Waals surface area contributed by atoms with Gasteiger partial charge in [0, 0.05) is 19.3 Å². The Morgan fingerprint density at radius 1 is 1.35 bits per heavy atom. The van der Waals surface area contributed by atoms with Crippen molar-refractivity contribution in [1.29, 1.82) is 0 Å². The third kappa shape index (κ3) is 4.14. The van der Waals surface area contributed by atoms with Crippen LogP contribution in [0.5, 0.6) is 5.75 Å². The number of carbonyl (C=O) groups excluding carboxylic acids is 2. The number of carbonyl (C=O) groups is 2.